The number of rotatable bonds is 5. The Hall–Kier alpha value is -3.71. The first kappa shape index (κ1) is 21.2. The summed E-state index contributed by atoms with van der Waals surface area (Å²) in [6.45, 7) is 1.76. The largest absolute Gasteiger partial charge is 0.495 e. The number of aromatic nitrogens is 2. The molecule has 5 rings (SSSR count). The number of halogens is 1. The van der Waals surface area contributed by atoms with Crippen LogP contribution in [0.2, 0.25) is 0 Å². The van der Waals surface area contributed by atoms with Gasteiger partial charge in [-0.2, -0.15) is 0 Å². The van der Waals surface area contributed by atoms with Crippen LogP contribution in [0.15, 0.2) is 85.2 Å². The first-order valence-electron chi connectivity index (χ1n) is 10.7. The van der Waals surface area contributed by atoms with Crippen molar-refractivity contribution in [1.82, 2.24) is 14.9 Å². The Bertz CT molecular complexity index is 1310. The summed E-state index contributed by atoms with van der Waals surface area (Å²) in [5, 5.41) is 4.02. The third-order valence-corrected chi connectivity index (χ3v) is 6.26. The molecular weight excluding hydrogens is 435 g/mol. The van der Waals surface area contributed by atoms with Crippen molar-refractivity contribution in [3.05, 3.63) is 108 Å². The van der Waals surface area contributed by atoms with Gasteiger partial charge < -0.3 is 19.5 Å². The highest BCUT2D eigenvalue weighted by Crippen LogP contribution is 2.43. The number of thiocarbonyl (C=S) groups is 1. The minimum atomic E-state index is -0.243. The lowest BCUT2D eigenvalue weighted by atomic mass is 10.0. The monoisotopic (exact) mass is 458 g/mol. The highest BCUT2D eigenvalue weighted by molar-refractivity contribution is 7.80. The van der Waals surface area contributed by atoms with Crippen LogP contribution in [0.1, 0.15) is 29.0 Å². The van der Waals surface area contributed by atoms with Gasteiger partial charge in [0.25, 0.3) is 0 Å². The number of ether oxygens (including phenoxy) is 1. The highest BCUT2D eigenvalue weighted by Gasteiger charge is 2.42. The molecule has 166 valence electrons. The van der Waals surface area contributed by atoms with Gasteiger partial charge in [0.2, 0.25) is 0 Å². The van der Waals surface area contributed by atoms with Crippen molar-refractivity contribution in [3.63, 3.8) is 0 Å². The summed E-state index contributed by atoms with van der Waals surface area (Å²) >= 11 is 5.79. The van der Waals surface area contributed by atoms with E-state index in [0.29, 0.717) is 10.7 Å². The van der Waals surface area contributed by atoms with Gasteiger partial charge in [-0.15, -0.1) is 0 Å². The fourth-order valence-corrected chi connectivity index (χ4v) is 4.74. The minimum Gasteiger partial charge on any atom is -0.495 e. The molecule has 1 aliphatic heterocycles. The van der Waals surface area contributed by atoms with E-state index >= 15 is 0 Å². The van der Waals surface area contributed by atoms with E-state index in [9.17, 15) is 4.39 Å². The zero-order valence-corrected chi connectivity index (χ0v) is 19.1. The number of anilines is 1. The average Bonchev–Trinajstić information content (AvgIpc) is 3.45. The topological polar surface area (TPSA) is 42.3 Å². The number of para-hydroxylation sites is 2. The number of pyridine rings is 1. The van der Waals surface area contributed by atoms with E-state index in [1.165, 1.54) is 6.07 Å². The molecule has 0 bridgehead atoms. The van der Waals surface area contributed by atoms with Crippen molar-refractivity contribution in [2.75, 3.05) is 12.0 Å². The molecule has 4 aromatic rings. The fourth-order valence-electron chi connectivity index (χ4n) is 4.40. The number of nitrogens with one attached hydrogen (secondary N) is 1. The van der Waals surface area contributed by atoms with Crippen LogP contribution < -0.4 is 15.0 Å². The summed E-state index contributed by atoms with van der Waals surface area (Å²) in [4.78, 5) is 6.65. The molecule has 0 amide bonds. The molecule has 1 aliphatic rings. The lowest BCUT2D eigenvalue weighted by molar-refractivity contribution is 0.412. The number of nitrogens with zero attached hydrogens (tertiary/aromatic N) is 3. The second-order valence-corrected chi connectivity index (χ2v) is 8.29. The van der Waals surface area contributed by atoms with Crippen LogP contribution in [-0.2, 0) is 0 Å². The summed E-state index contributed by atoms with van der Waals surface area (Å²) in [6, 6.07) is 22.5. The van der Waals surface area contributed by atoms with Gasteiger partial charge in [0.15, 0.2) is 5.11 Å². The van der Waals surface area contributed by atoms with Crippen molar-refractivity contribution in [1.29, 1.82) is 0 Å². The maximum atomic E-state index is 14.1. The molecule has 1 saturated heterocycles. The molecule has 1 fully saturated rings. The van der Waals surface area contributed by atoms with Crippen molar-refractivity contribution in [2.45, 2.75) is 19.0 Å². The van der Waals surface area contributed by atoms with E-state index in [4.69, 9.17) is 17.0 Å². The van der Waals surface area contributed by atoms with Gasteiger partial charge in [-0.3, -0.25) is 4.98 Å². The number of methoxy groups -OCH3 is 1. The van der Waals surface area contributed by atoms with Crippen LogP contribution in [0.4, 0.5) is 10.1 Å². The zero-order valence-electron chi connectivity index (χ0n) is 18.3. The van der Waals surface area contributed by atoms with Crippen molar-refractivity contribution < 1.29 is 9.13 Å². The maximum absolute atomic E-state index is 14.1. The normalized spacial score (nSPS) is 17.8. The summed E-state index contributed by atoms with van der Waals surface area (Å²) in [6.07, 6.45) is 3.79. The highest BCUT2D eigenvalue weighted by atomic mass is 32.1. The molecule has 0 saturated carbocycles. The standard InChI is InChI=1S/C26H23FN4OS/c1-17-16-18(12-13-19(17)27)31-25(24(29-26(31)33)20-8-5-6-14-28-20)22-10-7-15-30(22)21-9-3-4-11-23(21)32-2/h3-16,24-25H,1-2H3,(H,29,33)/t24-,25-/m1/s1. The van der Waals surface area contributed by atoms with Gasteiger partial charge in [-0.25, -0.2) is 4.39 Å². The number of hydrogen-bond donors (Lipinski definition) is 1. The van der Waals surface area contributed by atoms with Gasteiger partial charge in [0.05, 0.1) is 24.5 Å². The lowest BCUT2D eigenvalue weighted by Gasteiger charge is -2.29. The Kier molecular flexibility index (Phi) is 5.56. The van der Waals surface area contributed by atoms with Gasteiger partial charge in [0.1, 0.15) is 17.6 Å². The second kappa shape index (κ2) is 8.67. The van der Waals surface area contributed by atoms with Crippen LogP contribution in [0.25, 0.3) is 5.69 Å². The Morgan fingerprint density at radius 1 is 1.03 bits per heavy atom. The summed E-state index contributed by atoms with van der Waals surface area (Å²) < 4.78 is 21.8. The predicted octanol–water partition coefficient (Wildman–Crippen LogP) is 5.51. The molecule has 3 heterocycles. The molecule has 2 aromatic heterocycles. The SMILES string of the molecule is COc1ccccc1-n1cccc1[C@@H]1[C@@H](c2ccccn2)NC(=S)N1c1ccc(F)c(C)c1. The van der Waals surface area contributed by atoms with E-state index in [2.05, 4.69) is 20.9 Å². The second-order valence-electron chi connectivity index (χ2n) is 7.90. The molecule has 5 nitrogen and oxygen atoms in total. The molecule has 7 heteroatoms. The Morgan fingerprint density at radius 2 is 1.85 bits per heavy atom. The van der Waals surface area contributed by atoms with Crippen LogP contribution in [0.5, 0.6) is 5.75 Å². The Balaban J connectivity index is 1.69. The van der Waals surface area contributed by atoms with Crippen molar-refractivity contribution in [2.24, 2.45) is 0 Å². The molecule has 0 aliphatic carbocycles. The molecule has 1 N–H and O–H groups in total. The van der Waals surface area contributed by atoms with Crippen LogP contribution in [0, 0.1) is 12.7 Å². The van der Waals surface area contributed by atoms with Gasteiger partial charge in [-0.05, 0) is 79.3 Å². The van der Waals surface area contributed by atoms with E-state index in [1.807, 2.05) is 65.7 Å². The van der Waals surface area contributed by atoms with Crippen molar-refractivity contribution >= 4 is 23.0 Å². The smallest absolute Gasteiger partial charge is 0.174 e. The predicted molar refractivity (Wildman–Crippen MR) is 131 cm³/mol. The molecule has 0 radical (unpaired) electrons. The third-order valence-electron chi connectivity index (χ3n) is 5.95. The van der Waals surface area contributed by atoms with Gasteiger partial charge in [0, 0.05) is 23.8 Å². The van der Waals surface area contributed by atoms with Gasteiger partial charge >= 0.3 is 0 Å². The summed E-state index contributed by atoms with van der Waals surface area (Å²) in [5.41, 5.74) is 4.19. The average molecular weight is 459 g/mol. The number of hydrogen-bond acceptors (Lipinski definition) is 3. The van der Waals surface area contributed by atoms with E-state index in [-0.39, 0.29) is 17.9 Å². The number of benzene rings is 2. The summed E-state index contributed by atoms with van der Waals surface area (Å²) in [5.74, 6) is 0.522. The first-order chi connectivity index (χ1) is 16.1. The van der Waals surface area contributed by atoms with Crippen molar-refractivity contribution in [3.8, 4) is 11.4 Å². The molecule has 0 spiro atoms. The molecular formula is C26H23FN4OS. The molecule has 2 atom stereocenters. The third kappa shape index (κ3) is 3.74. The first-order valence-corrected chi connectivity index (χ1v) is 11.1. The summed E-state index contributed by atoms with van der Waals surface area (Å²) in [7, 11) is 1.67. The molecule has 0 unspecified atom stereocenters. The fraction of sp³-hybridized carbons (Fsp3) is 0.154. The van der Waals surface area contributed by atoms with Crippen LogP contribution in [-0.4, -0.2) is 21.8 Å². The molecule has 2 aromatic carbocycles. The maximum Gasteiger partial charge on any atom is 0.174 e. The van der Waals surface area contributed by atoms with Gasteiger partial charge in [-0.1, -0.05) is 18.2 Å². The van der Waals surface area contributed by atoms with E-state index < -0.39 is 0 Å². The van der Waals surface area contributed by atoms with Crippen LogP contribution in [0.3, 0.4) is 0 Å². The Labute approximate surface area is 197 Å². The molecule has 33 heavy (non-hydrogen) atoms. The number of aryl methyl sites for hydroxylation is 1. The quantitative estimate of drug-likeness (QED) is 0.400. The van der Waals surface area contributed by atoms with E-state index in [0.717, 1.165) is 28.5 Å². The Morgan fingerprint density at radius 3 is 2.61 bits per heavy atom. The van der Waals surface area contributed by atoms with E-state index in [1.54, 1.807) is 26.3 Å². The lowest BCUT2D eigenvalue weighted by Crippen LogP contribution is -2.30. The minimum absolute atomic E-state index is 0.201. The van der Waals surface area contributed by atoms with Crippen LogP contribution >= 0.6 is 12.2 Å². The zero-order chi connectivity index (χ0) is 22.9.